The molecule has 7 heteroatoms. The van der Waals surface area contributed by atoms with E-state index in [0.717, 1.165) is 44.8 Å². The van der Waals surface area contributed by atoms with Crippen LogP contribution in [0.4, 0.5) is 5.95 Å². The van der Waals surface area contributed by atoms with Gasteiger partial charge in [-0.25, -0.2) is 22.7 Å². The highest BCUT2D eigenvalue weighted by atomic mass is 32.2. The van der Waals surface area contributed by atoms with E-state index in [9.17, 15) is 8.42 Å². The van der Waals surface area contributed by atoms with E-state index in [1.807, 2.05) is 24.3 Å². The summed E-state index contributed by atoms with van der Waals surface area (Å²) in [6.45, 7) is 6.18. The molecule has 5 nitrogen and oxygen atoms in total. The molecule has 2 rings (SSSR count). The van der Waals surface area contributed by atoms with Crippen molar-refractivity contribution in [2.24, 2.45) is 0 Å². The molecular weight excluding hydrogens is 341 g/mol. The summed E-state index contributed by atoms with van der Waals surface area (Å²) in [6, 6.07) is 7.99. The molecule has 24 heavy (non-hydrogen) atoms. The quantitative estimate of drug-likeness (QED) is 0.765. The number of nitrogens with zero attached hydrogens (tertiary/aromatic N) is 3. The van der Waals surface area contributed by atoms with Crippen LogP contribution in [0, 0.1) is 0 Å². The Bertz CT molecular complexity index is 834. The molecule has 1 aromatic carbocycles. The van der Waals surface area contributed by atoms with Gasteiger partial charge in [0.05, 0.1) is 17.6 Å². The minimum Gasteiger partial charge on any atom is -0.241 e. The minimum absolute atomic E-state index is 0.175. The number of rotatable bonds is 5. The highest BCUT2D eigenvalue weighted by molar-refractivity contribution is 7.92. The molecule has 130 valence electrons. The Morgan fingerprint density at radius 2 is 1.75 bits per heavy atom. The zero-order chi connectivity index (χ0) is 18.1. The van der Waals surface area contributed by atoms with Crippen molar-refractivity contribution in [2.45, 2.75) is 33.1 Å². The molecule has 0 aliphatic carbocycles. The van der Waals surface area contributed by atoms with Crippen LogP contribution in [0.5, 0.6) is 0 Å². The smallest absolute Gasteiger partial charge is 0.239 e. The zero-order valence-corrected chi connectivity index (χ0v) is 16.7. The van der Waals surface area contributed by atoms with E-state index < -0.39 is 10.0 Å². The second-order valence-electron chi connectivity index (χ2n) is 6.10. The van der Waals surface area contributed by atoms with Crippen LogP contribution in [-0.4, -0.2) is 31.7 Å². The highest BCUT2D eigenvalue weighted by Crippen LogP contribution is 2.30. The minimum atomic E-state index is -3.42. The van der Waals surface area contributed by atoms with Crippen molar-refractivity contribution in [2.75, 3.05) is 17.6 Å². The molecule has 1 unspecified atom stereocenters. The molecule has 1 heterocycles. The molecular formula is C17H24N3O2PS. The van der Waals surface area contributed by atoms with Gasteiger partial charge in [0.2, 0.25) is 16.0 Å². The van der Waals surface area contributed by atoms with Crippen molar-refractivity contribution in [1.82, 2.24) is 9.97 Å². The molecule has 1 aromatic heterocycles. The predicted molar refractivity (Wildman–Crippen MR) is 104 cm³/mol. The Morgan fingerprint density at radius 3 is 2.21 bits per heavy atom. The highest BCUT2D eigenvalue weighted by Gasteiger charge is 2.22. The second kappa shape index (κ2) is 7.16. The monoisotopic (exact) mass is 365 g/mol. The lowest BCUT2D eigenvalue weighted by Crippen LogP contribution is -2.27. The molecule has 0 fully saturated rings. The summed E-state index contributed by atoms with van der Waals surface area (Å²) in [7, 11) is 0.720. The van der Waals surface area contributed by atoms with Crippen LogP contribution < -0.4 is 9.61 Å². The summed E-state index contributed by atoms with van der Waals surface area (Å²) in [5.41, 5.74) is 3.72. The van der Waals surface area contributed by atoms with Gasteiger partial charge in [0.25, 0.3) is 0 Å². The summed E-state index contributed by atoms with van der Waals surface area (Å²) in [6.07, 6.45) is 1.94. The first kappa shape index (κ1) is 18.8. The molecule has 0 aliphatic heterocycles. The van der Waals surface area contributed by atoms with Crippen LogP contribution in [0.1, 0.15) is 37.9 Å². The van der Waals surface area contributed by atoms with Gasteiger partial charge in [-0.15, -0.1) is 9.24 Å². The van der Waals surface area contributed by atoms with Gasteiger partial charge in [0, 0.05) is 18.2 Å². The number of sulfonamides is 1. The molecule has 1 atom stereocenters. The summed E-state index contributed by atoms with van der Waals surface area (Å²) in [5.74, 6) is 0.387. The second-order valence-corrected chi connectivity index (χ2v) is 8.78. The molecule has 0 aliphatic rings. The first-order valence-electron chi connectivity index (χ1n) is 7.85. The van der Waals surface area contributed by atoms with Crippen LogP contribution >= 0.6 is 9.24 Å². The molecule has 0 saturated carbocycles. The first-order valence-corrected chi connectivity index (χ1v) is 10.3. The lowest BCUT2D eigenvalue weighted by atomic mass is 9.97. The van der Waals surface area contributed by atoms with Crippen molar-refractivity contribution < 1.29 is 8.42 Å². The van der Waals surface area contributed by atoms with Gasteiger partial charge in [0.15, 0.2) is 0 Å². The lowest BCUT2D eigenvalue weighted by Gasteiger charge is -2.21. The Labute approximate surface area is 146 Å². The fraction of sp³-hybridized carbons (Fsp3) is 0.412. The molecule has 0 amide bonds. The third kappa shape index (κ3) is 3.93. The van der Waals surface area contributed by atoms with E-state index in [1.165, 1.54) is 7.05 Å². The van der Waals surface area contributed by atoms with Crippen LogP contribution in [0.3, 0.4) is 0 Å². The van der Waals surface area contributed by atoms with Gasteiger partial charge in [0.1, 0.15) is 0 Å². The average Bonchev–Trinajstić information content (AvgIpc) is 2.52. The predicted octanol–water partition coefficient (Wildman–Crippen LogP) is 2.73. The third-order valence-electron chi connectivity index (χ3n) is 3.89. The van der Waals surface area contributed by atoms with Gasteiger partial charge in [-0.05, 0) is 17.6 Å². The van der Waals surface area contributed by atoms with Crippen LogP contribution in [0.2, 0.25) is 0 Å². The summed E-state index contributed by atoms with van der Waals surface area (Å²) < 4.78 is 24.9. The summed E-state index contributed by atoms with van der Waals surface area (Å²) in [5, 5.41) is 1.09. The largest absolute Gasteiger partial charge is 0.241 e. The van der Waals surface area contributed by atoms with Gasteiger partial charge in [-0.2, -0.15) is 0 Å². The normalized spacial score (nSPS) is 11.8. The molecule has 0 radical (unpaired) electrons. The Hall–Kier alpha value is -1.52. The van der Waals surface area contributed by atoms with Crippen molar-refractivity contribution >= 4 is 30.5 Å². The lowest BCUT2D eigenvalue weighted by molar-refractivity contribution is 0.599. The number of hydrogen-bond acceptors (Lipinski definition) is 4. The van der Waals surface area contributed by atoms with Gasteiger partial charge >= 0.3 is 0 Å². The molecule has 0 N–H and O–H groups in total. The fourth-order valence-electron chi connectivity index (χ4n) is 2.48. The molecule has 0 saturated heterocycles. The van der Waals surface area contributed by atoms with E-state index >= 15 is 0 Å². The molecule has 0 bridgehead atoms. The SMILES string of the molecule is CCc1c(-c2ccc(P)cc2)nc(N(C)S(C)(=O)=O)nc1C(C)C. The number of anilines is 1. The Morgan fingerprint density at radius 1 is 1.17 bits per heavy atom. The van der Waals surface area contributed by atoms with Crippen LogP contribution in [-0.2, 0) is 16.4 Å². The number of hydrogen-bond donors (Lipinski definition) is 0. The maximum atomic E-state index is 11.9. The van der Waals surface area contributed by atoms with Crippen molar-refractivity contribution in [3.63, 3.8) is 0 Å². The fourth-order valence-corrected chi connectivity index (χ4v) is 3.05. The average molecular weight is 365 g/mol. The topological polar surface area (TPSA) is 63.2 Å². The van der Waals surface area contributed by atoms with E-state index in [4.69, 9.17) is 0 Å². The van der Waals surface area contributed by atoms with Crippen molar-refractivity contribution in [3.8, 4) is 11.3 Å². The Balaban J connectivity index is 2.76. The standard InChI is InChI=1S/C17H24N3O2PS/c1-6-14-15(11(2)3)18-17(20(4)24(5,21)22)19-16(14)12-7-9-13(23)10-8-12/h7-11H,6,23H2,1-5H3. The van der Waals surface area contributed by atoms with Crippen LogP contribution in [0.25, 0.3) is 11.3 Å². The van der Waals surface area contributed by atoms with Crippen molar-refractivity contribution in [3.05, 3.63) is 35.5 Å². The van der Waals surface area contributed by atoms with E-state index in [-0.39, 0.29) is 11.9 Å². The zero-order valence-electron chi connectivity index (χ0n) is 14.7. The Kier molecular flexibility index (Phi) is 5.61. The summed E-state index contributed by atoms with van der Waals surface area (Å²) in [4.78, 5) is 9.13. The number of aromatic nitrogens is 2. The van der Waals surface area contributed by atoms with E-state index in [1.54, 1.807) is 0 Å². The maximum Gasteiger partial charge on any atom is 0.239 e. The first-order chi connectivity index (χ1) is 11.1. The van der Waals surface area contributed by atoms with Crippen LogP contribution in [0.15, 0.2) is 24.3 Å². The van der Waals surface area contributed by atoms with E-state index in [0.29, 0.717) is 0 Å². The van der Waals surface area contributed by atoms with Gasteiger partial charge < -0.3 is 0 Å². The third-order valence-corrected chi connectivity index (χ3v) is 5.43. The van der Waals surface area contributed by atoms with Gasteiger partial charge in [-0.3, -0.25) is 0 Å². The number of benzene rings is 1. The molecule has 0 spiro atoms. The molecule has 2 aromatic rings. The van der Waals surface area contributed by atoms with Gasteiger partial charge in [-0.1, -0.05) is 45.0 Å². The maximum absolute atomic E-state index is 11.9. The van der Waals surface area contributed by atoms with Crippen molar-refractivity contribution in [1.29, 1.82) is 0 Å². The summed E-state index contributed by atoms with van der Waals surface area (Å²) >= 11 is 0. The van der Waals surface area contributed by atoms with E-state index in [2.05, 4.69) is 40.0 Å².